The van der Waals surface area contributed by atoms with Crippen LogP contribution in [0.25, 0.3) is 11.1 Å². The highest BCUT2D eigenvalue weighted by molar-refractivity contribution is 7.98. The smallest absolute Gasteiger partial charge is 0.326 e. The number of carbonyl (C=O) groups is 1. The van der Waals surface area contributed by atoms with Crippen LogP contribution in [-0.4, -0.2) is 54.6 Å². The molecule has 0 unspecified atom stereocenters. The van der Waals surface area contributed by atoms with Crippen molar-refractivity contribution in [2.45, 2.75) is 64.5 Å². The molecule has 1 fully saturated rings. The van der Waals surface area contributed by atoms with E-state index in [9.17, 15) is 18.3 Å². The highest BCUT2D eigenvalue weighted by Gasteiger charge is 2.23. The Kier molecular flexibility index (Phi) is 10.7. The lowest BCUT2D eigenvalue weighted by atomic mass is 9.87. The van der Waals surface area contributed by atoms with E-state index in [2.05, 4.69) is 5.32 Å². The zero-order chi connectivity index (χ0) is 26.1. The van der Waals surface area contributed by atoms with Crippen LogP contribution >= 0.6 is 11.8 Å². The minimum atomic E-state index is -3.36. The number of hydrogen-bond acceptors (Lipinski definition) is 5. The molecular formula is C28H40N2O4S2. The van der Waals surface area contributed by atoms with Gasteiger partial charge in [-0.3, -0.25) is 0 Å². The molecular weight excluding hydrogens is 492 g/mol. The number of thioether (sulfide) groups is 1. The van der Waals surface area contributed by atoms with Crippen molar-refractivity contribution in [3.05, 3.63) is 53.6 Å². The minimum absolute atomic E-state index is 0.305. The predicted octanol–water partition coefficient (Wildman–Crippen LogP) is 6.01. The largest absolute Gasteiger partial charge is 0.480 e. The van der Waals surface area contributed by atoms with Gasteiger partial charge in [-0.25, -0.2) is 13.2 Å². The van der Waals surface area contributed by atoms with E-state index in [0.717, 1.165) is 40.1 Å². The Morgan fingerprint density at radius 1 is 1.14 bits per heavy atom. The van der Waals surface area contributed by atoms with E-state index in [4.69, 9.17) is 0 Å². The standard InChI is InChI=1S/C28H40N2O4S2/c1-21-9-7-8-12-24(21)25-19-23(13-14-26(25)29-27(28(31)32)16-18-35-2)20-30(36(3,33)34)17-15-22-10-5-4-6-11-22/h7-9,12-14,19,22,27,29H,4-6,10-11,15-18,20H2,1-3H3,(H,31,32)/t27-/m0/s1. The highest BCUT2D eigenvalue weighted by Crippen LogP contribution is 2.33. The minimum Gasteiger partial charge on any atom is -0.480 e. The van der Waals surface area contributed by atoms with Crippen LogP contribution in [-0.2, 0) is 21.4 Å². The SMILES string of the molecule is CSCC[C@H](Nc1ccc(CN(CCC2CCCCC2)S(C)(=O)=O)cc1-c1ccccc1C)C(=O)O. The van der Waals surface area contributed by atoms with Gasteiger partial charge in [0.1, 0.15) is 6.04 Å². The fourth-order valence-corrected chi connectivity index (χ4v) is 6.25. The second kappa shape index (κ2) is 13.5. The van der Waals surface area contributed by atoms with Gasteiger partial charge in [0.2, 0.25) is 10.0 Å². The first-order chi connectivity index (χ1) is 17.2. The topological polar surface area (TPSA) is 86.7 Å². The summed E-state index contributed by atoms with van der Waals surface area (Å²) >= 11 is 1.62. The van der Waals surface area contributed by atoms with Crippen molar-refractivity contribution in [2.75, 3.05) is 30.1 Å². The van der Waals surface area contributed by atoms with E-state index < -0.39 is 22.0 Å². The summed E-state index contributed by atoms with van der Waals surface area (Å²) in [5.74, 6) is 0.465. The van der Waals surface area contributed by atoms with Gasteiger partial charge in [-0.05, 0) is 66.5 Å². The van der Waals surface area contributed by atoms with Gasteiger partial charge in [0.05, 0.1) is 6.26 Å². The summed E-state index contributed by atoms with van der Waals surface area (Å²) in [6.07, 6.45) is 10.8. The molecule has 198 valence electrons. The van der Waals surface area contributed by atoms with Crippen molar-refractivity contribution < 1.29 is 18.3 Å². The number of aliphatic carboxylic acids is 1. The van der Waals surface area contributed by atoms with Gasteiger partial charge in [0.25, 0.3) is 0 Å². The van der Waals surface area contributed by atoms with Crippen LogP contribution < -0.4 is 5.32 Å². The third-order valence-corrected chi connectivity index (χ3v) is 8.99. The number of rotatable bonds is 13. The molecule has 1 aliphatic rings. The van der Waals surface area contributed by atoms with Gasteiger partial charge in [0.15, 0.2) is 0 Å². The van der Waals surface area contributed by atoms with Crippen molar-refractivity contribution in [1.29, 1.82) is 0 Å². The Bertz CT molecular complexity index is 1110. The summed E-state index contributed by atoms with van der Waals surface area (Å²) in [5.41, 5.74) is 4.61. The van der Waals surface area contributed by atoms with Crippen LogP contribution in [0.1, 0.15) is 56.1 Å². The molecule has 2 aromatic rings. The maximum Gasteiger partial charge on any atom is 0.326 e. The molecule has 0 amide bonds. The van der Waals surface area contributed by atoms with E-state index >= 15 is 0 Å². The van der Waals surface area contributed by atoms with Gasteiger partial charge in [0, 0.05) is 24.3 Å². The number of anilines is 1. The average molecular weight is 533 g/mol. The fraction of sp³-hybridized carbons (Fsp3) is 0.536. The number of sulfonamides is 1. The summed E-state index contributed by atoms with van der Waals surface area (Å²) in [7, 11) is -3.36. The van der Waals surface area contributed by atoms with Crippen LogP contribution in [0, 0.1) is 12.8 Å². The molecule has 36 heavy (non-hydrogen) atoms. The van der Waals surface area contributed by atoms with Gasteiger partial charge < -0.3 is 10.4 Å². The number of carboxylic acid groups (broad SMARTS) is 1. The molecule has 0 radical (unpaired) electrons. The van der Waals surface area contributed by atoms with Gasteiger partial charge >= 0.3 is 5.97 Å². The van der Waals surface area contributed by atoms with Gasteiger partial charge in [-0.15, -0.1) is 0 Å². The molecule has 6 nitrogen and oxygen atoms in total. The molecule has 0 saturated heterocycles. The first kappa shape index (κ1) is 28.5. The van der Waals surface area contributed by atoms with Crippen LogP contribution in [0.5, 0.6) is 0 Å². The number of nitrogens with one attached hydrogen (secondary N) is 1. The number of carboxylic acids is 1. The van der Waals surface area contributed by atoms with Crippen LogP contribution in [0.2, 0.25) is 0 Å². The van der Waals surface area contributed by atoms with Crippen LogP contribution in [0.3, 0.4) is 0 Å². The van der Waals surface area contributed by atoms with Gasteiger partial charge in [-0.2, -0.15) is 16.1 Å². The maximum atomic E-state index is 12.7. The molecule has 0 aliphatic heterocycles. The molecule has 2 aromatic carbocycles. The highest BCUT2D eigenvalue weighted by atomic mass is 32.2. The second-order valence-electron chi connectivity index (χ2n) is 9.90. The van der Waals surface area contributed by atoms with Crippen molar-refractivity contribution in [2.24, 2.45) is 5.92 Å². The number of aryl methyl sites for hydroxylation is 1. The van der Waals surface area contributed by atoms with Crippen molar-refractivity contribution in [3.63, 3.8) is 0 Å². The normalized spacial score (nSPS) is 15.7. The Morgan fingerprint density at radius 2 is 1.86 bits per heavy atom. The first-order valence-corrected chi connectivity index (χ1v) is 16.1. The lowest BCUT2D eigenvalue weighted by Crippen LogP contribution is -2.32. The van der Waals surface area contributed by atoms with Crippen molar-refractivity contribution in [1.82, 2.24) is 4.31 Å². The van der Waals surface area contributed by atoms with Crippen molar-refractivity contribution >= 4 is 33.4 Å². The van der Waals surface area contributed by atoms with Crippen molar-refractivity contribution in [3.8, 4) is 11.1 Å². The zero-order valence-corrected chi connectivity index (χ0v) is 23.3. The quantitative estimate of drug-likeness (QED) is 0.328. The molecule has 3 rings (SSSR count). The molecule has 8 heteroatoms. The molecule has 1 atom stereocenters. The molecule has 1 aliphatic carbocycles. The lowest BCUT2D eigenvalue weighted by molar-refractivity contribution is -0.137. The Morgan fingerprint density at radius 3 is 2.50 bits per heavy atom. The second-order valence-corrected chi connectivity index (χ2v) is 12.9. The van der Waals surface area contributed by atoms with E-state index in [1.807, 2.05) is 55.6 Å². The van der Waals surface area contributed by atoms with E-state index in [1.54, 1.807) is 16.1 Å². The number of nitrogens with zero attached hydrogens (tertiary/aromatic N) is 1. The van der Waals surface area contributed by atoms with Gasteiger partial charge in [-0.1, -0.05) is 62.4 Å². The van der Waals surface area contributed by atoms with Crippen LogP contribution in [0.15, 0.2) is 42.5 Å². The molecule has 0 spiro atoms. The molecule has 0 heterocycles. The van der Waals surface area contributed by atoms with E-state index in [0.29, 0.717) is 25.4 Å². The summed E-state index contributed by atoms with van der Waals surface area (Å²) in [6, 6.07) is 13.1. The predicted molar refractivity (Wildman–Crippen MR) is 151 cm³/mol. The zero-order valence-electron chi connectivity index (χ0n) is 21.7. The maximum absolute atomic E-state index is 12.7. The monoisotopic (exact) mass is 532 g/mol. The molecule has 2 N–H and O–H groups in total. The third kappa shape index (κ3) is 8.25. The molecule has 0 aromatic heterocycles. The first-order valence-electron chi connectivity index (χ1n) is 12.8. The molecule has 0 bridgehead atoms. The molecule has 1 saturated carbocycles. The summed E-state index contributed by atoms with van der Waals surface area (Å²) in [5, 5.41) is 13.0. The van der Waals surface area contributed by atoms with E-state index in [-0.39, 0.29) is 0 Å². The average Bonchev–Trinajstić information content (AvgIpc) is 2.85. The van der Waals surface area contributed by atoms with E-state index in [1.165, 1.54) is 38.4 Å². The summed E-state index contributed by atoms with van der Waals surface area (Å²) in [6.45, 7) is 2.86. The third-order valence-electron chi connectivity index (χ3n) is 7.10. The van der Waals surface area contributed by atoms with Crippen LogP contribution in [0.4, 0.5) is 5.69 Å². The number of benzene rings is 2. The Hall–Kier alpha value is -2.03. The summed E-state index contributed by atoms with van der Waals surface area (Å²) in [4.78, 5) is 11.9. The number of hydrogen-bond donors (Lipinski definition) is 2. The Labute approximate surface area is 220 Å². The fourth-order valence-electron chi connectivity index (χ4n) is 4.96. The lowest BCUT2D eigenvalue weighted by Gasteiger charge is -2.26. The summed E-state index contributed by atoms with van der Waals surface area (Å²) < 4.78 is 26.9. The Balaban J connectivity index is 1.89.